The first kappa shape index (κ1) is 9.19. The zero-order valence-electron chi connectivity index (χ0n) is 6.86. The van der Waals surface area contributed by atoms with E-state index in [4.69, 9.17) is 5.11 Å². The van der Waals surface area contributed by atoms with Crippen molar-refractivity contribution in [3.8, 4) is 0 Å². The van der Waals surface area contributed by atoms with Gasteiger partial charge in [-0.1, -0.05) is 6.08 Å². The maximum Gasteiger partial charge on any atom is 0.313 e. The molecule has 0 saturated carbocycles. The number of carboxylic acid groups (broad SMARTS) is 1. The van der Waals surface area contributed by atoms with E-state index in [0.717, 1.165) is 11.4 Å². The monoisotopic (exact) mass is 185 g/mol. The number of likely N-dealkylation sites (N-methyl/N-ethyl adjacent to an activating group) is 1. The first-order valence-electron chi connectivity index (χ1n) is 3.61. The Bertz CT molecular complexity index is 235. The van der Waals surface area contributed by atoms with Crippen LogP contribution in [0.5, 0.6) is 0 Å². The fourth-order valence-corrected chi connectivity index (χ4v) is 1.46. The molecule has 1 aliphatic heterocycles. The number of nitrogens with zero attached hydrogens (tertiary/aromatic N) is 1. The van der Waals surface area contributed by atoms with Crippen molar-refractivity contribution < 1.29 is 9.90 Å². The summed E-state index contributed by atoms with van der Waals surface area (Å²) in [5, 5.41) is 8.41. The Kier molecular flexibility index (Phi) is 3.22. The van der Waals surface area contributed by atoms with Crippen LogP contribution in [0, 0.1) is 0 Å². The van der Waals surface area contributed by atoms with Gasteiger partial charge in [0.1, 0.15) is 0 Å². The molecule has 3 nitrogen and oxygen atoms in total. The maximum atomic E-state index is 10.2. The lowest BCUT2D eigenvalue weighted by Gasteiger charge is -2.16. The van der Waals surface area contributed by atoms with Gasteiger partial charge in [0, 0.05) is 24.7 Å². The van der Waals surface area contributed by atoms with Crippen molar-refractivity contribution in [2.24, 2.45) is 0 Å². The molecule has 0 aromatic heterocycles. The molecular weight excluding hydrogens is 174 g/mol. The number of carbonyl (C=O) groups is 1. The van der Waals surface area contributed by atoms with Gasteiger partial charge < -0.3 is 10.0 Å². The molecule has 4 heteroatoms. The highest BCUT2D eigenvalue weighted by molar-refractivity contribution is 8.03. The van der Waals surface area contributed by atoms with Crippen LogP contribution < -0.4 is 0 Å². The third-order valence-corrected chi connectivity index (χ3v) is 2.46. The van der Waals surface area contributed by atoms with Crippen molar-refractivity contribution in [3.05, 3.63) is 23.3 Å². The summed E-state index contributed by atoms with van der Waals surface area (Å²) in [5.74, 6) is -0.631. The summed E-state index contributed by atoms with van der Waals surface area (Å²) in [5.41, 5.74) is 0. The molecule has 1 aliphatic rings. The summed E-state index contributed by atoms with van der Waals surface area (Å²) in [6, 6.07) is 0. The number of hydrogen-bond acceptors (Lipinski definition) is 3. The lowest BCUT2D eigenvalue weighted by Crippen LogP contribution is -2.13. The third kappa shape index (κ3) is 3.00. The summed E-state index contributed by atoms with van der Waals surface area (Å²) in [6.45, 7) is 0.860. The van der Waals surface area contributed by atoms with Crippen LogP contribution in [0.4, 0.5) is 0 Å². The number of thioether (sulfide) groups is 1. The molecule has 0 aliphatic carbocycles. The first-order valence-corrected chi connectivity index (χ1v) is 4.60. The van der Waals surface area contributed by atoms with Crippen LogP contribution in [0.25, 0.3) is 0 Å². The number of aliphatic carboxylic acids is 1. The van der Waals surface area contributed by atoms with E-state index in [1.807, 2.05) is 30.3 Å². The smallest absolute Gasteiger partial charge is 0.313 e. The van der Waals surface area contributed by atoms with Gasteiger partial charge in [-0.3, -0.25) is 4.79 Å². The molecule has 0 bridgehead atoms. The summed E-state index contributed by atoms with van der Waals surface area (Å²) in [4.78, 5) is 13.3. The highest BCUT2D eigenvalue weighted by Crippen LogP contribution is 2.19. The van der Waals surface area contributed by atoms with E-state index in [1.165, 1.54) is 11.8 Å². The van der Waals surface area contributed by atoms with E-state index in [0.29, 0.717) is 0 Å². The fourth-order valence-electron chi connectivity index (χ4n) is 0.816. The summed E-state index contributed by atoms with van der Waals surface area (Å²) in [7, 11) is 1.98. The maximum absolute atomic E-state index is 10.2. The van der Waals surface area contributed by atoms with Crippen molar-refractivity contribution in [1.29, 1.82) is 0 Å². The van der Waals surface area contributed by atoms with Gasteiger partial charge >= 0.3 is 5.97 Å². The Morgan fingerprint density at radius 3 is 3.08 bits per heavy atom. The van der Waals surface area contributed by atoms with Crippen LogP contribution in [0.2, 0.25) is 0 Å². The fraction of sp³-hybridized carbons (Fsp3) is 0.375. The molecule has 0 unspecified atom stereocenters. The van der Waals surface area contributed by atoms with Gasteiger partial charge in [-0.2, -0.15) is 0 Å². The molecule has 0 aromatic carbocycles. The van der Waals surface area contributed by atoms with Crippen molar-refractivity contribution in [3.63, 3.8) is 0 Å². The zero-order valence-corrected chi connectivity index (χ0v) is 7.67. The van der Waals surface area contributed by atoms with Gasteiger partial charge in [-0.15, -0.1) is 11.8 Å². The Morgan fingerprint density at radius 1 is 1.83 bits per heavy atom. The Balaban J connectivity index is 2.35. The molecule has 0 amide bonds. The predicted octanol–water partition coefficient (Wildman–Crippen LogP) is 1.15. The highest BCUT2D eigenvalue weighted by Gasteiger charge is 2.03. The van der Waals surface area contributed by atoms with Crippen molar-refractivity contribution in [2.75, 3.05) is 19.3 Å². The van der Waals surface area contributed by atoms with Crippen molar-refractivity contribution in [2.45, 2.75) is 0 Å². The van der Waals surface area contributed by atoms with E-state index in [1.54, 1.807) is 0 Å². The highest BCUT2D eigenvalue weighted by atomic mass is 32.2. The Morgan fingerprint density at radius 2 is 2.58 bits per heavy atom. The van der Waals surface area contributed by atoms with E-state index < -0.39 is 5.97 Å². The Hall–Kier alpha value is -0.900. The molecule has 12 heavy (non-hydrogen) atoms. The van der Waals surface area contributed by atoms with Crippen LogP contribution in [-0.2, 0) is 4.79 Å². The molecule has 1 rings (SSSR count). The van der Waals surface area contributed by atoms with Crippen LogP contribution in [0.3, 0.4) is 0 Å². The minimum Gasteiger partial charge on any atom is -0.481 e. The molecule has 0 spiro atoms. The summed E-state index contributed by atoms with van der Waals surface area (Å²) in [6.07, 6.45) is 5.90. The van der Waals surface area contributed by atoms with E-state index >= 15 is 0 Å². The molecule has 1 heterocycles. The predicted molar refractivity (Wildman–Crippen MR) is 49.9 cm³/mol. The van der Waals surface area contributed by atoms with Gasteiger partial charge in [0.05, 0.1) is 5.75 Å². The average molecular weight is 185 g/mol. The van der Waals surface area contributed by atoms with E-state index in [-0.39, 0.29) is 5.75 Å². The number of allylic oxidation sites excluding steroid dienone is 1. The molecule has 0 saturated heterocycles. The molecular formula is C8H11NO2S. The van der Waals surface area contributed by atoms with Crippen LogP contribution in [-0.4, -0.2) is 35.3 Å². The largest absolute Gasteiger partial charge is 0.481 e. The SMILES string of the molecule is CN1C=CC(SCC(=O)O)=CC1. The normalized spacial score (nSPS) is 16.1. The minimum absolute atomic E-state index is 0.139. The lowest BCUT2D eigenvalue weighted by molar-refractivity contribution is -0.133. The standard InChI is InChI=1S/C8H11NO2S/c1-9-4-2-7(3-5-9)12-6-8(10)11/h2-4H,5-6H2,1H3,(H,10,11). The molecule has 66 valence electrons. The Labute approximate surface area is 75.7 Å². The number of carboxylic acids is 1. The number of rotatable bonds is 3. The molecule has 1 N–H and O–H groups in total. The van der Waals surface area contributed by atoms with Gasteiger partial charge in [0.2, 0.25) is 0 Å². The van der Waals surface area contributed by atoms with Crippen molar-refractivity contribution >= 4 is 17.7 Å². The minimum atomic E-state index is -0.770. The van der Waals surface area contributed by atoms with Crippen LogP contribution >= 0.6 is 11.8 Å². The molecule has 0 fully saturated rings. The third-order valence-electron chi connectivity index (χ3n) is 1.44. The van der Waals surface area contributed by atoms with Gasteiger partial charge in [-0.05, 0) is 6.08 Å². The quantitative estimate of drug-likeness (QED) is 0.716. The van der Waals surface area contributed by atoms with Crippen LogP contribution in [0.1, 0.15) is 0 Å². The first-order chi connectivity index (χ1) is 5.68. The van der Waals surface area contributed by atoms with Gasteiger partial charge in [-0.25, -0.2) is 0 Å². The van der Waals surface area contributed by atoms with E-state index in [9.17, 15) is 4.79 Å². The van der Waals surface area contributed by atoms with Crippen molar-refractivity contribution in [1.82, 2.24) is 4.90 Å². The summed E-state index contributed by atoms with van der Waals surface area (Å²) < 4.78 is 0. The summed E-state index contributed by atoms with van der Waals surface area (Å²) >= 11 is 1.36. The lowest BCUT2D eigenvalue weighted by atomic mass is 10.4. The second-order valence-corrected chi connectivity index (χ2v) is 3.59. The molecule has 0 aromatic rings. The topological polar surface area (TPSA) is 40.5 Å². The second-order valence-electron chi connectivity index (χ2n) is 2.54. The van der Waals surface area contributed by atoms with Gasteiger partial charge in [0.25, 0.3) is 0 Å². The number of hydrogen-bond donors (Lipinski definition) is 1. The van der Waals surface area contributed by atoms with Gasteiger partial charge in [0.15, 0.2) is 0 Å². The van der Waals surface area contributed by atoms with E-state index in [2.05, 4.69) is 0 Å². The van der Waals surface area contributed by atoms with Crippen LogP contribution in [0.15, 0.2) is 23.3 Å². The molecule has 0 radical (unpaired) electrons. The molecule has 0 atom stereocenters. The second kappa shape index (κ2) is 4.21. The zero-order chi connectivity index (χ0) is 8.97. The average Bonchev–Trinajstić information content (AvgIpc) is 2.03.